The van der Waals surface area contributed by atoms with E-state index in [0.717, 1.165) is 39.0 Å². The van der Waals surface area contributed by atoms with E-state index in [9.17, 15) is 0 Å². The lowest BCUT2D eigenvalue weighted by Crippen LogP contribution is -2.21. The minimum Gasteiger partial charge on any atom is -0.380 e. The average molecular weight is 274 g/mol. The number of nitrogens with zero attached hydrogens (tertiary/aromatic N) is 1. The highest BCUT2D eigenvalue weighted by Crippen LogP contribution is 2.18. The van der Waals surface area contributed by atoms with Crippen molar-refractivity contribution in [3.8, 4) is 0 Å². The standard InChI is InChI=1S/C17H26N2O/c1-3-10-20-11-9-19-8-7-15-12-14(5-6-17(15)19)13-16(18)4-2/h5-8,12,16H,3-4,9-11,13,18H2,1-2H3. The Balaban J connectivity index is 2.04. The molecule has 2 rings (SSSR count). The third kappa shape index (κ3) is 3.84. The fourth-order valence-electron chi connectivity index (χ4n) is 2.43. The maximum Gasteiger partial charge on any atom is 0.0645 e. The van der Waals surface area contributed by atoms with E-state index in [4.69, 9.17) is 10.5 Å². The van der Waals surface area contributed by atoms with Crippen LogP contribution in [0.4, 0.5) is 0 Å². The fourth-order valence-corrected chi connectivity index (χ4v) is 2.43. The third-order valence-corrected chi connectivity index (χ3v) is 3.68. The summed E-state index contributed by atoms with van der Waals surface area (Å²) in [5, 5.41) is 1.29. The summed E-state index contributed by atoms with van der Waals surface area (Å²) in [5.41, 5.74) is 8.63. The van der Waals surface area contributed by atoms with E-state index in [0.29, 0.717) is 0 Å². The van der Waals surface area contributed by atoms with Crippen LogP contribution in [0.2, 0.25) is 0 Å². The second-order valence-corrected chi connectivity index (χ2v) is 5.39. The molecule has 1 atom stereocenters. The van der Waals surface area contributed by atoms with Gasteiger partial charge in [0.05, 0.1) is 6.61 Å². The zero-order valence-corrected chi connectivity index (χ0v) is 12.6. The number of fused-ring (bicyclic) bond motifs is 1. The van der Waals surface area contributed by atoms with Crippen LogP contribution in [-0.2, 0) is 17.7 Å². The summed E-state index contributed by atoms with van der Waals surface area (Å²) in [7, 11) is 0. The summed E-state index contributed by atoms with van der Waals surface area (Å²) in [6.45, 7) is 6.80. The Morgan fingerprint density at radius 1 is 1.20 bits per heavy atom. The van der Waals surface area contributed by atoms with Crippen LogP contribution >= 0.6 is 0 Å². The molecule has 1 aromatic carbocycles. The predicted octanol–water partition coefficient (Wildman–Crippen LogP) is 3.35. The summed E-state index contributed by atoms with van der Waals surface area (Å²) in [5.74, 6) is 0. The maximum atomic E-state index is 6.03. The first-order valence-corrected chi connectivity index (χ1v) is 7.65. The molecule has 2 aromatic rings. The van der Waals surface area contributed by atoms with Crippen molar-refractivity contribution in [2.24, 2.45) is 5.73 Å². The Morgan fingerprint density at radius 3 is 2.80 bits per heavy atom. The van der Waals surface area contributed by atoms with Gasteiger partial charge in [-0.2, -0.15) is 0 Å². The molecule has 1 aromatic heterocycles. The van der Waals surface area contributed by atoms with Crippen LogP contribution in [0.1, 0.15) is 32.3 Å². The highest BCUT2D eigenvalue weighted by molar-refractivity contribution is 5.80. The van der Waals surface area contributed by atoms with E-state index in [-0.39, 0.29) is 6.04 Å². The van der Waals surface area contributed by atoms with Gasteiger partial charge in [-0.15, -0.1) is 0 Å². The Morgan fingerprint density at radius 2 is 2.05 bits per heavy atom. The van der Waals surface area contributed by atoms with Crippen LogP contribution in [0.25, 0.3) is 10.9 Å². The van der Waals surface area contributed by atoms with E-state index in [1.165, 1.54) is 16.5 Å². The van der Waals surface area contributed by atoms with Crippen LogP contribution in [-0.4, -0.2) is 23.8 Å². The maximum absolute atomic E-state index is 6.03. The monoisotopic (exact) mass is 274 g/mol. The molecule has 0 aliphatic rings. The van der Waals surface area contributed by atoms with Crippen LogP contribution in [0.3, 0.4) is 0 Å². The SMILES string of the molecule is CCCOCCn1ccc2cc(CC(N)CC)ccc21. The molecule has 0 saturated carbocycles. The Bertz CT molecular complexity index is 533. The summed E-state index contributed by atoms with van der Waals surface area (Å²) < 4.78 is 7.82. The normalized spacial score (nSPS) is 12.9. The molecule has 0 radical (unpaired) electrons. The second-order valence-electron chi connectivity index (χ2n) is 5.39. The van der Waals surface area contributed by atoms with Gasteiger partial charge in [0.25, 0.3) is 0 Å². The van der Waals surface area contributed by atoms with Crippen molar-refractivity contribution < 1.29 is 4.74 Å². The smallest absolute Gasteiger partial charge is 0.0645 e. The first-order valence-electron chi connectivity index (χ1n) is 7.65. The zero-order valence-electron chi connectivity index (χ0n) is 12.6. The highest BCUT2D eigenvalue weighted by atomic mass is 16.5. The predicted molar refractivity (Wildman–Crippen MR) is 85.0 cm³/mol. The van der Waals surface area contributed by atoms with E-state index < -0.39 is 0 Å². The molecule has 110 valence electrons. The molecule has 3 nitrogen and oxygen atoms in total. The number of hydrogen-bond acceptors (Lipinski definition) is 2. The number of ether oxygens (including phenoxy) is 1. The van der Waals surface area contributed by atoms with Gasteiger partial charge in [-0.1, -0.05) is 19.9 Å². The van der Waals surface area contributed by atoms with Gasteiger partial charge in [0.15, 0.2) is 0 Å². The largest absolute Gasteiger partial charge is 0.380 e. The fraction of sp³-hybridized carbons (Fsp3) is 0.529. The second kappa shape index (κ2) is 7.46. The minimum atomic E-state index is 0.261. The van der Waals surface area contributed by atoms with Crippen LogP contribution < -0.4 is 5.73 Å². The van der Waals surface area contributed by atoms with Crippen LogP contribution in [0, 0.1) is 0 Å². The van der Waals surface area contributed by atoms with Crippen molar-refractivity contribution in [2.75, 3.05) is 13.2 Å². The number of aromatic nitrogens is 1. The summed E-state index contributed by atoms with van der Waals surface area (Å²) >= 11 is 0. The molecular weight excluding hydrogens is 248 g/mol. The molecule has 0 spiro atoms. The number of benzene rings is 1. The summed E-state index contributed by atoms with van der Waals surface area (Å²) in [6, 6.07) is 9.09. The van der Waals surface area contributed by atoms with Gasteiger partial charge in [0, 0.05) is 30.9 Å². The molecule has 0 fully saturated rings. The molecule has 20 heavy (non-hydrogen) atoms. The van der Waals surface area contributed by atoms with E-state index >= 15 is 0 Å². The molecule has 1 unspecified atom stereocenters. The molecule has 0 bridgehead atoms. The van der Waals surface area contributed by atoms with Crippen molar-refractivity contribution in [3.63, 3.8) is 0 Å². The number of hydrogen-bond donors (Lipinski definition) is 1. The Labute approximate surface area is 121 Å². The first kappa shape index (κ1) is 15.1. The molecule has 0 aliphatic carbocycles. The molecule has 1 heterocycles. The quantitative estimate of drug-likeness (QED) is 0.750. The molecule has 0 amide bonds. The minimum absolute atomic E-state index is 0.261. The Hall–Kier alpha value is -1.32. The van der Waals surface area contributed by atoms with Crippen molar-refractivity contribution >= 4 is 10.9 Å². The van der Waals surface area contributed by atoms with Crippen molar-refractivity contribution in [3.05, 3.63) is 36.0 Å². The molecule has 0 saturated heterocycles. The van der Waals surface area contributed by atoms with E-state index in [1.807, 2.05) is 0 Å². The van der Waals surface area contributed by atoms with Crippen molar-refractivity contribution in [1.82, 2.24) is 4.57 Å². The van der Waals surface area contributed by atoms with Gasteiger partial charge in [-0.25, -0.2) is 0 Å². The van der Waals surface area contributed by atoms with Gasteiger partial charge in [0.1, 0.15) is 0 Å². The Kier molecular flexibility index (Phi) is 5.62. The number of nitrogens with two attached hydrogens (primary N) is 1. The lowest BCUT2D eigenvalue weighted by molar-refractivity contribution is 0.127. The lowest BCUT2D eigenvalue weighted by Gasteiger charge is -2.10. The average Bonchev–Trinajstić information content (AvgIpc) is 2.86. The zero-order chi connectivity index (χ0) is 14.4. The lowest BCUT2D eigenvalue weighted by atomic mass is 10.0. The summed E-state index contributed by atoms with van der Waals surface area (Å²) in [6.07, 6.45) is 5.20. The van der Waals surface area contributed by atoms with E-state index in [2.05, 4.69) is 48.9 Å². The van der Waals surface area contributed by atoms with Crippen molar-refractivity contribution in [2.45, 2.75) is 45.7 Å². The van der Waals surface area contributed by atoms with Gasteiger partial charge in [-0.3, -0.25) is 0 Å². The van der Waals surface area contributed by atoms with Crippen LogP contribution in [0.15, 0.2) is 30.5 Å². The highest BCUT2D eigenvalue weighted by Gasteiger charge is 2.05. The van der Waals surface area contributed by atoms with Gasteiger partial charge < -0.3 is 15.0 Å². The molecule has 3 heteroatoms. The first-order chi connectivity index (χ1) is 9.74. The summed E-state index contributed by atoms with van der Waals surface area (Å²) in [4.78, 5) is 0. The van der Waals surface area contributed by atoms with Gasteiger partial charge >= 0.3 is 0 Å². The number of rotatable bonds is 8. The van der Waals surface area contributed by atoms with Gasteiger partial charge in [0.2, 0.25) is 0 Å². The third-order valence-electron chi connectivity index (χ3n) is 3.68. The molecular formula is C17H26N2O. The molecule has 0 aliphatic heterocycles. The topological polar surface area (TPSA) is 40.2 Å². The van der Waals surface area contributed by atoms with Crippen molar-refractivity contribution in [1.29, 1.82) is 0 Å². The van der Waals surface area contributed by atoms with Gasteiger partial charge in [-0.05, 0) is 48.4 Å². The van der Waals surface area contributed by atoms with Crippen LogP contribution in [0.5, 0.6) is 0 Å². The van der Waals surface area contributed by atoms with E-state index in [1.54, 1.807) is 0 Å². The molecule has 2 N–H and O–H groups in total.